The molecular formula is C16H21FN2O. The van der Waals surface area contributed by atoms with Crippen LogP contribution < -0.4 is 0 Å². The standard InChI is InChI=1S/C16H21FN2O/c1-3-9-19-10-8-18-15(19)12-16(2,20)11-13-4-6-14(17)7-5-13/h4-8,10,20H,3,9,11-12H2,1-2H3. The third kappa shape index (κ3) is 3.90. The van der Waals surface area contributed by atoms with Gasteiger partial charge in [0.25, 0.3) is 0 Å². The smallest absolute Gasteiger partial charge is 0.123 e. The Morgan fingerprint density at radius 3 is 2.60 bits per heavy atom. The van der Waals surface area contributed by atoms with E-state index < -0.39 is 5.60 Å². The van der Waals surface area contributed by atoms with E-state index in [-0.39, 0.29) is 5.82 Å². The Labute approximate surface area is 119 Å². The van der Waals surface area contributed by atoms with Gasteiger partial charge in [-0.2, -0.15) is 0 Å². The van der Waals surface area contributed by atoms with Crippen molar-refractivity contribution in [3.63, 3.8) is 0 Å². The molecule has 0 saturated heterocycles. The number of aryl methyl sites for hydroxylation is 1. The molecule has 4 heteroatoms. The van der Waals surface area contributed by atoms with Crippen LogP contribution in [-0.2, 0) is 19.4 Å². The van der Waals surface area contributed by atoms with Gasteiger partial charge in [0.2, 0.25) is 0 Å². The van der Waals surface area contributed by atoms with Gasteiger partial charge in [-0.1, -0.05) is 19.1 Å². The molecule has 0 spiro atoms. The second kappa shape index (κ2) is 6.18. The summed E-state index contributed by atoms with van der Waals surface area (Å²) in [5.74, 6) is 0.630. The zero-order chi connectivity index (χ0) is 14.6. The minimum Gasteiger partial charge on any atom is -0.389 e. The van der Waals surface area contributed by atoms with Gasteiger partial charge >= 0.3 is 0 Å². The predicted octanol–water partition coefficient (Wildman–Crippen LogP) is 2.97. The van der Waals surface area contributed by atoms with E-state index in [1.54, 1.807) is 25.3 Å². The zero-order valence-electron chi connectivity index (χ0n) is 12.0. The van der Waals surface area contributed by atoms with Crippen molar-refractivity contribution >= 4 is 0 Å². The van der Waals surface area contributed by atoms with Crippen molar-refractivity contribution in [1.29, 1.82) is 0 Å². The van der Waals surface area contributed by atoms with Crippen LogP contribution in [0.15, 0.2) is 36.7 Å². The Bertz CT molecular complexity index is 546. The second-order valence-corrected chi connectivity index (χ2v) is 5.51. The maximum absolute atomic E-state index is 12.9. The number of halogens is 1. The quantitative estimate of drug-likeness (QED) is 0.881. The lowest BCUT2D eigenvalue weighted by Crippen LogP contribution is -2.31. The highest BCUT2D eigenvalue weighted by molar-refractivity contribution is 5.18. The summed E-state index contributed by atoms with van der Waals surface area (Å²) in [7, 11) is 0. The summed E-state index contributed by atoms with van der Waals surface area (Å²) >= 11 is 0. The molecule has 0 aliphatic rings. The van der Waals surface area contributed by atoms with Crippen LogP contribution in [0.5, 0.6) is 0 Å². The lowest BCUT2D eigenvalue weighted by Gasteiger charge is -2.23. The molecule has 1 aromatic heterocycles. The predicted molar refractivity (Wildman–Crippen MR) is 76.9 cm³/mol. The maximum Gasteiger partial charge on any atom is 0.123 e. The average molecular weight is 276 g/mol. The van der Waals surface area contributed by atoms with Crippen LogP contribution in [0.2, 0.25) is 0 Å². The summed E-state index contributed by atoms with van der Waals surface area (Å²) in [6.07, 6.45) is 5.69. The number of rotatable bonds is 6. The molecule has 3 nitrogen and oxygen atoms in total. The third-order valence-corrected chi connectivity index (χ3v) is 3.30. The van der Waals surface area contributed by atoms with Crippen LogP contribution in [-0.4, -0.2) is 20.3 Å². The number of aromatic nitrogens is 2. The number of hydrogen-bond acceptors (Lipinski definition) is 2. The Morgan fingerprint density at radius 1 is 1.25 bits per heavy atom. The molecule has 2 rings (SSSR count). The highest BCUT2D eigenvalue weighted by Gasteiger charge is 2.24. The maximum atomic E-state index is 12.9. The molecule has 1 unspecified atom stereocenters. The molecule has 0 fully saturated rings. The number of imidazole rings is 1. The van der Waals surface area contributed by atoms with Crippen LogP contribution in [0, 0.1) is 5.82 Å². The summed E-state index contributed by atoms with van der Waals surface area (Å²) in [6, 6.07) is 6.26. The first-order valence-electron chi connectivity index (χ1n) is 6.97. The molecule has 0 radical (unpaired) electrons. The SMILES string of the molecule is CCCn1ccnc1CC(C)(O)Cc1ccc(F)cc1. The topological polar surface area (TPSA) is 38.0 Å². The van der Waals surface area contributed by atoms with E-state index in [2.05, 4.69) is 16.5 Å². The Hall–Kier alpha value is -1.68. The molecule has 0 bridgehead atoms. The lowest BCUT2D eigenvalue weighted by molar-refractivity contribution is 0.0578. The van der Waals surface area contributed by atoms with Crippen LogP contribution in [0.3, 0.4) is 0 Å². The van der Waals surface area contributed by atoms with Crippen LogP contribution in [0.4, 0.5) is 4.39 Å². The monoisotopic (exact) mass is 276 g/mol. The molecule has 0 aliphatic carbocycles. The van der Waals surface area contributed by atoms with E-state index in [1.807, 2.05) is 6.20 Å². The van der Waals surface area contributed by atoms with Crippen LogP contribution in [0.1, 0.15) is 31.7 Å². The summed E-state index contributed by atoms with van der Waals surface area (Å²) in [5.41, 5.74) is 0.0271. The molecule has 2 aromatic rings. The van der Waals surface area contributed by atoms with Gasteiger partial charge in [0.15, 0.2) is 0 Å². The first-order valence-corrected chi connectivity index (χ1v) is 6.97. The van der Waals surface area contributed by atoms with Gasteiger partial charge in [0, 0.05) is 31.8 Å². The summed E-state index contributed by atoms with van der Waals surface area (Å²) < 4.78 is 15.0. The Balaban J connectivity index is 2.06. The Kier molecular flexibility index (Phi) is 4.55. The summed E-state index contributed by atoms with van der Waals surface area (Å²) in [5, 5.41) is 10.6. The molecule has 1 atom stereocenters. The van der Waals surface area contributed by atoms with E-state index in [4.69, 9.17) is 0 Å². The van der Waals surface area contributed by atoms with Gasteiger partial charge in [-0.3, -0.25) is 0 Å². The van der Waals surface area contributed by atoms with E-state index in [0.717, 1.165) is 24.4 Å². The van der Waals surface area contributed by atoms with E-state index in [9.17, 15) is 9.50 Å². The minimum atomic E-state index is -0.894. The third-order valence-electron chi connectivity index (χ3n) is 3.30. The molecule has 1 aromatic carbocycles. The number of hydrogen-bond donors (Lipinski definition) is 1. The van der Waals surface area contributed by atoms with Crippen molar-refractivity contribution < 1.29 is 9.50 Å². The van der Waals surface area contributed by atoms with Crippen molar-refractivity contribution in [3.8, 4) is 0 Å². The van der Waals surface area contributed by atoms with Gasteiger partial charge in [-0.25, -0.2) is 9.37 Å². The fourth-order valence-electron chi connectivity index (χ4n) is 2.40. The number of aliphatic hydroxyl groups is 1. The molecule has 0 aliphatic heterocycles. The summed E-state index contributed by atoms with van der Waals surface area (Å²) in [6.45, 7) is 4.81. The van der Waals surface area contributed by atoms with Crippen molar-refractivity contribution in [3.05, 3.63) is 53.9 Å². The van der Waals surface area contributed by atoms with Crippen LogP contribution in [0.25, 0.3) is 0 Å². The fraction of sp³-hybridized carbons (Fsp3) is 0.438. The lowest BCUT2D eigenvalue weighted by atomic mass is 9.93. The van der Waals surface area contributed by atoms with Crippen molar-refractivity contribution in [2.45, 2.75) is 45.3 Å². The highest BCUT2D eigenvalue weighted by atomic mass is 19.1. The molecular weight excluding hydrogens is 255 g/mol. The van der Waals surface area contributed by atoms with E-state index in [1.165, 1.54) is 12.1 Å². The zero-order valence-corrected chi connectivity index (χ0v) is 12.0. The van der Waals surface area contributed by atoms with Gasteiger partial charge in [-0.05, 0) is 31.0 Å². The number of nitrogens with zero attached hydrogens (tertiary/aromatic N) is 2. The molecule has 0 amide bonds. The normalized spacial score (nSPS) is 14.2. The fourth-order valence-corrected chi connectivity index (χ4v) is 2.40. The van der Waals surface area contributed by atoms with Crippen molar-refractivity contribution in [2.24, 2.45) is 0 Å². The van der Waals surface area contributed by atoms with Crippen molar-refractivity contribution in [2.75, 3.05) is 0 Å². The van der Waals surface area contributed by atoms with Gasteiger partial charge in [0.1, 0.15) is 11.6 Å². The first kappa shape index (κ1) is 14.7. The highest BCUT2D eigenvalue weighted by Crippen LogP contribution is 2.18. The van der Waals surface area contributed by atoms with E-state index >= 15 is 0 Å². The molecule has 20 heavy (non-hydrogen) atoms. The average Bonchev–Trinajstić information content (AvgIpc) is 2.79. The first-order chi connectivity index (χ1) is 9.50. The van der Waals surface area contributed by atoms with Crippen LogP contribution >= 0.6 is 0 Å². The molecule has 108 valence electrons. The minimum absolute atomic E-state index is 0.258. The molecule has 1 N–H and O–H groups in total. The van der Waals surface area contributed by atoms with Crippen molar-refractivity contribution in [1.82, 2.24) is 9.55 Å². The van der Waals surface area contributed by atoms with Gasteiger partial charge < -0.3 is 9.67 Å². The van der Waals surface area contributed by atoms with Gasteiger partial charge in [0.05, 0.1) is 5.60 Å². The second-order valence-electron chi connectivity index (χ2n) is 5.51. The Morgan fingerprint density at radius 2 is 1.95 bits per heavy atom. The molecule has 0 saturated carbocycles. The summed E-state index contributed by atoms with van der Waals surface area (Å²) in [4.78, 5) is 4.32. The van der Waals surface area contributed by atoms with Gasteiger partial charge in [-0.15, -0.1) is 0 Å². The molecule has 1 heterocycles. The number of benzene rings is 1. The largest absolute Gasteiger partial charge is 0.389 e. The van der Waals surface area contributed by atoms with E-state index in [0.29, 0.717) is 12.8 Å².